The van der Waals surface area contributed by atoms with Crippen molar-refractivity contribution in [2.75, 3.05) is 20.8 Å². The molecule has 0 aromatic heterocycles. The van der Waals surface area contributed by atoms with Crippen molar-refractivity contribution in [1.82, 2.24) is 0 Å². The summed E-state index contributed by atoms with van der Waals surface area (Å²) in [5.74, 6) is 1.47. The first-order valence-corrected chi connectivity index (χ1v) is 9.67. The molecule has 0 saturated heterocycles. The minimum absolute atomic E-state index is 0.0547. The summed E-state index contributed by atoms with van der Waals surface area (Å²) in [6.45, 7) is 7.23. The molecule has 4 nitrogen and oxygen atoms in total. The maximum atomic E-state index is 10.7. The fraction of sp³-hybridized carbons (Fsp3) is 0.417. The highest BCUT2D eigenvalue weighted by Gasteiger charge is 2.23. The molecule has 28 heavy (non-hydrogen) atoms. The monoisotopic (exact) mass is 384 g/mol. The zero-order valence-electron chi connectivity index (χ0n) is 17.6. The third-order valence-corrected chi connectivity index (χ3v) is 4.84. The predicted molar refractivity (Wildman–Crippen MR) is 113 cm³/mol. The van der Waals surface area contributed by atoms with Crippen molar-refractivity contribution in [3.05, 3.63) is 64.7 Å². The zero-order chi connectivity index (χ0) is 20.5. The van der Waals surface area contributed by atoms with E-state index < -0.39 is 0 Å². The van der Waals surface area contributed by atoms with Crippen LogP contribution in [-0.2, 0) is 11.3 Å². The number of aromatic hydroxyl groups is 1. The van der Waals surface area contributed by atoms with Gasteiger partial charge in [0.25, 0.3) is 0 Å². The van der Waals surface area contributed by atoms with E-state index in [9.17, 15) is 5.11 Å². The van der Waals surface area contributed by atoms with Crippen LogP contribution < -0.4 is 9.47 Å². The molecule has 152 valence electrons. The SMILES string of the molecule is COc1cc(O)c(C(CCC=C(C)C)COCc2ccccc2)c(C)c1OC. The van der Waals surface area contributed by atoms with Gasteiger partial charge in [0.15, 0.2) is 11.5 Å². The van der Waals surface area contributed by atoms with Crippen LogP contribution in [0.1, 0.15) is 49.3 Å². The molecule has 2 aromatic carbocycles. The van der Waals surface area contributed by atoms with Gasteiger partial charge in [0.2, 0.25) is 0 Å². The Morgan fingerprint density at radius 3 is 2.43 bits per heavy atom. The summed E-state index contributed by atoms with van der Waals surface area (Å²) in [5, 5.41) is 10.7. The molecule has 1 N–H and O–H groups in total. The first kappa shape index (κ1) is 21.8. The lowest BCUT2D eigenvalue weighted by Crippen LogP contribution is -2.11. The molecular weight excluding hydrogens is 352 g/mol. The second-order valence-electron chi connectivity index (χ2n) is 7.23. The number of hydrogen-bond donors (Lipinski definition) is 1. The summed E-state index contributed by atoms with van der Waals surface area (Å²) in [7, 11) is 3.20. The first-order valence-electron chi connectivity index (χ1n) is 9.67. The Labute approximate surface area is 168 Å². The van der Waals surface area contributed by atoms with E-state index in [2.05, 4.69) is 32.1 Å². The third-order valence-electron chi connectivity index (χ3n) is 4.84. The number of hydrogen-bond acceptors (Lipinski definition) is 4. The van der Waals surface area contributed by atoms with Crippen molar-refractivity contribution in [3.63, 3.8) is 0 Å². The van der Waals surface area contributed by atoms with Crippen LogP contribution in [-0.4, -0.2) is 25.9 Å². The smallest absolute Gasteiger partial charge is 0.164 e. The van der Waals surface area contributed by atoms with Crippen molar-refractivity contribution in [2.45, 2.75) is 46.1 Å². The maximum absolute atomic E-state index is 10.7. The summed E-state index contributed by atoms with van der Waals surface area (Å²) in [4.78, 5) is 0. The van der Waals surface area contributed by atoms with Crippen LogP contribution in [0.2, 0.25) is 0 Å². The van der Waals surface area contributed by atoms with Crippen molar-refractivity contribution >= 4 is 0 Å². The Morgan fingerprint density at radius 2 is 1.82 bits per heavy atom. The number of ether oxygens (including phenoxy) is 3. The second-order valence-corrected chi connectivity index (χ2v) is 7.23. The van der Waals surface area contributed by atoms with Crippen LogP contribution in [0.3, 0.4) is 0 Å². The second kappa shape index (κ2) is 10.8. The Bertz CT molecular complexity index is 777. The predicted octanol–water partition coefficient (Wildman–Crippen LogP) is 5.76. The fourth-order valence-electron chi connectivity index (χ4n) is 3.46. The Morgan fingerprint density at radius 1 is 1.11 bits per heavy atom. The highest BCUT2D eigenvalue weighted by Crippen LogP contribution is 2.43. The van der Waals surface area contributed by atoms with Gasteiger partial charge in [-0.05, 0) is 39.2 Å². The lowest BCUT2D eigenvalue weighted by molar-refractivity contribution is 0.104. The van der Waals surface area contributed by atoms with Gasteiger partial charge in [-0.25, -0.2) is 0 Å². The molecule has 1 atom stereocenters. The number of methoxy groups -OCH3 is 2. The summed E-state index contributed by atoms with van der Waals surface area (Å²) in [6, 6.07) is 11.8. The van der Waals surface area contributed by atoms with Crippen LogP contribution in [0, 0.1) is 6.92 Å². The zero-order valence-corrected chi connectivity index (χ0v) is 17.6. The van der Waals surface area contributed by atoms with Crippen molar-refractivity contribution in [3.8, 4) is 17.2 Å². The largest absolute Gasteiger partial charge is 0.508 e. The van der Waals surface area contributed by atoms with Crippen LogP contribution in [0.25, 0.3) is 0 Å². The van der Waals surface area contributed by atoms with E-state index in [-0.39, 0.29) is 11.7 Å². The van der Waals surface area contributed by atoms with E-state index in [0.29, 0.717) is 24.7 Å². The minimum Gasteiger partial charge on any atom is -0.508 e. The highest BCUT2D eigenvalue weighted by atomic mass is 16.5. The minimum atomic E-state index is 0.0547. The molecule has 0 aliphatic carbocycles. The average molecular weight is 385 g/mol. The van der Waals surface area contributed by atoms with Gasteiger partial charge in [0.05, 0.1) is 27.4 Å². The molecule has 0 bridgehead atoms. The highest BCUT2D eigenvalue weighted by molar-refractivity contribution is 5.57. The van der Waals surface area contributed by atoms with Gasteiger partial charge in [0, 0.05) is 23.1 Å². The van der Waals surface area contributed by atoms with Crippen molar-refractivity contribution in [2.24, 2.45) is 0 Å². The number of rotatable bonds is 10. The molecular formula is C24H32O4. The summed E-state index contributed by atoms with van der Waals surface area (Å²) < 4.78 is 16.9. The van der Waals surface area contributed by atoms with Gasteiger partial charge in [-0.15, -0.1) is 0 Å². The van der Waals surface area contributed by atoms with Gasteiger partial charge in [-0.1, -0.05) is 42.0 Å². The van der Waals surface area contributed by atoms with Crippen LogP contribution in [0.15, 0.2) is 48.0 Å². The molecule has 0 saturated carbocycles. The average Bonchev–Trinajstić information content (AvgIpc) is 2.67. The van der Waals surface area contributed by atoms with Crippen LogP contribution in [0.5, 0.6) is 17.2 Å². The lowest BCUT2D eigenvalue weighted by atomic mass is 9.89. The number of allylic oxidation sites excluding steroid dienone is 2. The van der Waals surface area contributed by atoms with Crippen molar-refractivity contribution < 1.29 is 19.3 Å². The molecule has 0 aliphatic rings. The number of benzene rings is 2. The summed E-state index contributed by atoms with van der Waals surface area (Å²) >= 11 is 0. The maximum Gasteiger partial charge on any atom is 0.164 e. The third kappa shape index (κ3) is 5.77. The van der Waals surface area contributed by atoms with E-state index in [1.54, 1.807) is 20.3 Å². The Hall–Kier alpha value is -2.46. The normalized spacial score (nSPS) is 11.8. The van der Waals surface area contributed by atoms with Gasteiger partial charge in [-0.2, -0.15) is 0 Å². The van der Waals surface area contributed by atoms with E-state index in [1.165, 1.54) is 5.57 Å². The summed E-state index contributed by atoms with van der Waals surface area (Å²) in [5.41, 5.74) is 4.19. The van der Waals surface area contributed by atoms with Gasteiger partial charge < -0.3 is 19.3 Å². The first-order chi connectivity index (χ1) is 13.5. The van der Waals surface area contributed by atoms with Crippen molar-refractivity contribution in [1.29, 1.82) is 0 Å². The molecule has 0 heterocycles. The van der Waals surface area contributed by atoms with E-state index >= 15 is 0 Å². The lowest BCUT2D eigenvalue weighted by Gasteiger charge is -2.23. The molecule has 2 aromatic rings. The number of phenols is 1. The quantitative estimate of drug-likeness (QED) is 0.529. The topological polar surface area (TPSA) is 47.9 Å². The van der Waals surface area contributed by atoms with Gasteiger partial charge in [0.1, 0.15) is 5.75 Å². The molecule has 0 spiro atoms. The Kier molecular flexibility index (Phi) is 8.40. The molecule has 1 unspecified atom stereocenters. The van der Waals surface area contributed by atoms with E-state index in [0.717, 1.165) is 29.5 Å². The molecule has 0 fully saturated rings. The van der Waals surface area contributed by atoms with E-state index in [4.69, 9.17) is 14.2 Å². The standard InChI is InChI=1S/C24H32O4/c1-17(2)10-9-13-20(16-28-15-19-11-7-6-8-12-19)23-18(3)24(27-5)22(26-4)14-21(23)25/h6-8,10-12,14,20,25H,9,13,15-16H2,1-5H3. The Balaban J connectivity index is 2.26. The molecule has 0 aliphatic heterocycles. The fourth-order valence-corrected chi connectivity index (χ4v) is 3.46. The van der Waals surface area contributed by atoms with Crippen LogP contribution >= 0.6 is 0 Å². The van der Waals surface area contributed by atoms with Gasteiger partial charge >= 0.3 is 0 Å². The number of phenolic OH excluding ortho intramolecular Hbond substituents is 1. The molecule has 4 heteroatoms. The van der Waals surface area contributed by atoms with Gasteiger partial charge in [-0.3, -0.25) is 0 Å². The molecule has 2 rings (SSSR count). The molecule has 0 radical (unpaired) electrons. The molecule has 0 amide bonds. The van der Waals surface area contributed by atoms with Crippen LogP contribution in [0.4, 0.5) is 0 Å². The van der Waals surface area contributed by atoms with E-state index in [1.807, 2.05) is 25.1 Å². The summed E-state index contributed by atoms with van der Waals surface area (Å²) in [6.07, 6.45) is 4.02.